The molecule has 0 aliphatic carbocycles. The van der Waals surface area contributed by atoms with Crippen LogP contribution in [0.4, 0.5) is 0 Å². The van der Waals surface area contributed by atoms with Crippen LogP contribution in [0.2, 0.25) is 0 Å². The number of hydrogen-bond acceptors (Lipinski definition) is 3. The van der Waals surface area contributed by atoms with Gasteiger partial charge in [0.15, 0.2) is 0 Å². The maximum atomic E-state index is 12.1. The Hall–Kier alpha value is -1.95. The number of benzene rings is 1. The number of nitrogens with zero attached hydrogens (tertiary/aromatic N) is 1. The monoisotopic (exact) mass is 307 g/mol. The van der Waals surface area contributed by atoms with Crippen molar-refractivity contribution in [1.29, 1.82) is 0 Å². The van der Waals surface area contributed by atoms with Crippen molar-refractivity contribution in [2.75, 3.05) is 13.1 Å². The molecular weight excluding hydrogens is 286 g/mol. The van der Waals surface area contributed by atoms with Gasteiger partial charge in [0.05, 0.1) is 0 Å². The summed E-state index contributed by atoms with van der Waals surface area (Å²) in [6.07, 6.45) is 0. The van der Waals surface area contributed by atoms with Gasteiger partial charge in [0.2, 0.25) is 5.91 Å². The fraction of sp³-hybridized carbons (Fsp3) is 0.400. The quantitative estimate of drug-likeness (QED) is 0.777. The van der Waals surface area contributed by atoms with Gasteiger partial charge in [0.25, 0.3) is 5.91 Å². The van der Waals surface area contributed by atoms with Gasteiger partial charge in [-0.15, -0.1) is 0 Å². The van der Waals surface area contributed by atoms with Gasteiger partial charge in [-0.3, -0.25) is 9.59 Å². The van der Waals surface area contributed by atoms with E-state index >= 15 is 0 Å². The minimum atomic E-state index is -0.562. The first-order chi connectivity index (χ1) is 9.90. The summed E-state index contributed by atoms with van der Waals surface area (Å²) in [7, 11) is 0. The summed E-state index contributed by atoms with van der Waals surface area (Å²) in [6, 6.07) is 6.09. The highest BCUT2D eigenvalue weighted by Gasteiger charge is 2.20. The van der Waals surface area contributed by atoms with Crippen LogP contribution in [0.1, 0.15) is 36.7 Å². The molecule has 0 bridgehead atoms. The van der Waals surface area contributed by atoms with Crippen LogP contribution in [0.15, 0.2) is 24.3 Å². The fourth-order valence-electron chi connectivity index (χ4n) is 1.94. The van der Waals surface area contributed by atoms with Gasteiger partial charge in [0.1, 0.15) is 11.0 Å². The van der Waals surface area contributed by atoms with E-state index in [-0.39, 0.29) is 16.8 Å². The van der Waals surface area contributed by atoms with Gasteiger partial charge in [-0.25, -0.2) is 0 Å². The Morgan fingerprint density at radius 3 is 2.10 bits per heavy atom. The Labute approximate surface area is 130 Å². The SMILES string of the molecule is CCN(CC)C(=O)C(C)NC(=O)c1ccc(C(N)=S)cc1. The first kappa shape index (κ1) is 17.1. The zero-order chi connectivity index (χ0) is 16.0. The summed E-state index contributed by atoms with van der Waals surface area (Å²) in [6.45, 7) is 6.74. The van der Waals surface area contributed by atoms with E-state index in [2.05, 4.69) is 5.32 Å². The Balaban J connectivity index is 2.72. The summed E-state index contributed by atoms with van der Waals surface area (Å²) >= 11 is 4.86. The number of hydrogen-bond donors (Lipinski definition) is 2. The Kier molecular flexibility index (Phi) is 6.30. The van der Waals surface area contributed by atoms with Crippen molar-refractivity contribution >= 4 is 29.0 Å². The molecule has 0 saturated heterocycles. The largest absolute Gasteiger partial charge is 0.389 e. The lowest BCUT2D eigenvalue weighted by Crippen LogP contribution is -2.46. The summed E-state index contributed by atoms with van der Waals surface area (Å²) < 4.78 is 0. The van der Waals surface area contributed by atoms with Crippen molar-refractivity contribution in [3.05, 3.63) is 35.4 Å². The molecule has 21 heavy (non-hydrogen) atoms. The van der Waals surface area contributed by atoms with Crippen LogP contribution in [0.25, 0.3) is 0 Å². The van der Waals surface area contributed by atoms with E-state index in [1.54, 1.807) is 36.1 Å². The molecule has 2 amide bonds. The standard InChI is InChI=1S/C15H21N3O2S/c1-4-18(5-2)15(20)10(3)17-14(19)12-8-6-11(7-9-12)13(16)21/h6-10H,4-5H2,1-3H3,(H2,16,21)(H,17,19). The lowest BCUT2D eigenvalue weighted by atomic mass is 10.1. The van der Waals surface area contributed by atoms with Crippen LogP contribution in [0.5, 0.6) is 0 Å². The van der Waals surface area contributed by atoms with Crippen molar-refractivity contribution in [3.8, 4) is 0 Å². The number of amides is 2. The van der Waals surface area contributed by atoms with E-state index in [4.69, 9.17) is 18.0 Å². The average molecular weight is 307 g/mol. The number of carbonyl (C=O) groups is 2. The highest BCUT2D eigenvalue weighted by Crippen LogP contribution is 2.05. The van der Waals surface area contributed by atoms with E-state index in [1.165, 1.54) is 0 Å². The van der Waals surface area contributed by atoms with Crippen molar-refractivity contribution in [2.24, 2.45) is 5.73 Å². The lowest BCUT2D eigenvalue weighted by molar-refractivity contribution is -0.132. The second-order valence-corrected chi connectivity index (χ2v) is 5.09. The summed E-state index contributed by atoms with van der Waals surface area (Å²) in [5, 5.41) is 2.70. The van der Waals surface area contributed by atoms with Crippen LogP contribution in [0, 0.1) is 0 Å². The van der Waals surface area contributed by atoms with Gasteiger partial charge in [0, 0.05) is 24.2 Å². The summed E-state index contributed by atoms with van der Waals surface area (Å²) in [4.78, 5) is 26.2. The van der Waals surface area contributed by atoms with E-state index in [9.17, 15) is 9.59 Å². The predicted molar refractivity (Wildman–Crippen MR) is 87.2 cm³/mol. The third kappa shape index (κ3) is 4.53. The molecule has 0 heterocycles. The van der Waals surface area contributed by atoms with Gasteiger partial charge in [-0.1, -0.05) is 24.4 Å². The zero-order valence-corrected chi connectivity index (χ0v) is 13.4. The highest BCUT2D eigenvalue weighted by molar-refractivity contribution is 7.80. The Morgan fingerprint density at radius 2 is 1.67 bits per heavy atom. The maximum Gasteiger partial charge on any atom is 0.251 e. The van der Waals surface area contributed by atoms with Gasteiger partial charge >= 0.3 is 0 Å². The second kappa shape index (κ2) is 7.73. The number of thiocarbonyl (C=S) groups is 1. The van der Waals surface area contributed by atoms with Crippen LogP contribution in [-0.2, 0) is 4.79 Å². The fourth-order valence-corrected chi connectivity index (χ4v) is 2.07. The first-order valence-electron chi connectivity index (χ1n) is 6.90. The summed E-state index contributed by atoms with van der Waals surface area (Å²) in [5.41, 5.74) is 6.67. The number of rotatable bonds is 6. The van der Waals surface area contributed by atoms with Gasteiger partial charge in [-0.2, -0.15) is 0 Å². The molecule has 0 spiro atoms. The van der Waals surface area contributed by atoms with E-state index in [0.29, 0.717) is 24.2 Å². The molecule has 6 heteroatoms. The number of likely N-dealkylation sites (N-methyl/N-ethyl adjacent to an activating group) is 1. The molecule has 1 atom stereocenters. The molecule has 3 N–H and O–H groups in total. The van der Waals surface area contributed by atoms with Crippen molar-refractivity contribution in [2.45, 2.75) is 26.8 Å². The van der Waals surface area contributed by atoms with Crippen molar-refractivity contribution in [1.82, 2.24) is 10.2 Å². The van der Waals surface area contributed by atoms with Crippen LogP contribution < -0.4 is 11.1 Å². The third-order valence-electron chi connectivity index (χ3n) is 3.22. The van der Waals surface area contributed by atoms with Gasteiger partial charge in [-0.05, 0) is 32.9 Å². The molecule has 1 aromatic carbocycles. The van der Waals surface area contributed by atoms with Crippen LogP contribution in [-0.4, -0.2) is 40.8 Å². The molecule has 0 saturated carbocycles. The molecule has 1 rings (SSSR count). The molecule has 0 aromatic heterocycles. The lowest BCUT2D eigenvalue weighted by Gasteiger charge is -2.23. The topological polar surface area (TPSA) is 75.4 Å². The minimum Gasteiger partial charge on any atom is -0.389 e. The molecule has 1 aromatic rings. The highest BCUT2D eigenvalue weighted by atomic mass is 32.1. The smallest absolute Gasteiger partial charge is 0.251 e. The predicted octanol–water partition coefficient (Wildman–Crippen LogP) is 1.31. The molecule has 0 aliphatic heterocycles. The van der Waals surface area contributed by atoms with Gasteiger partial charge < -0.3 is 16.0 Å². The number of nitrogens with one attached hydrogen (secondary N) is 1. The zero-order valence-electron chi connectivity index (χ0n) is 12.6. The normalized spacial score (nSPS) is 11.6. The van der Waals surface area contributed by atoms with Crippen LogP contribution >= 0.6 is 12.2 Å². The average Bonchev–Trinajstić information content (AvgIpc) is 2.48. The third-order valence-corrected chi connectivity index (χ3v) is 3.46. The van der Waals surface area contributed by atoms with Crippen molar-refractivity contribution in [3.63, 3.8) is 0 Å². The first-order valence-corrected chi connectivity index (χ1v) is 7.31. The molecule has 0 aliphatic rings. The van der Waals surface area contributed by atoms with E-state index in [1.807, 2.05) is 13.8 Å². The molecule has 5 nitrogen and oxygen atoms in total. The Morgan fingerprint density at radius 1 is 1.19 bits per heavy atom. The molecule has 114 valence electrons. The number of carbonyl (C=O) groups excluding carboxylic acids is 2. The number of nitrogens with two attached hydrogens (primary N) is 1. The molecule has 0 radical (unpaired) electrons. The van der Waals surface area contributed by atoms with E-state index < -0.39 is 6.04 Å². The van der Waals surface area contributed by atoms with Crippen molar-refractivity contribution < 1.29 is 9.59 Å². The minimum absolute atomic E-state index is 0.0897. The summed E-state index contributed by atoms with van der Waals surface area (Å²) in [5.74, 6) is -0.384. The second-order valence-electron chi connectivity index (χ2n) is 4.65. The van der Waals surface area contributed by atoms with Crippen LogP contribution in [0.3, 0.4) is 0 Å². The molecular formula is C15H21N3O2S. The Bertz CT molecular complexity index is 524. The molecule has 0 fully saturated rings. The maximum absolute atomic E-state index is 12.1. The molecule has 1 unspecified atom stereocenters. The van der Waals surface area contributed by atoms with E-state index in [0.717, 1.165) is 0 Å².